The topological polar surface area (TPSA) is 94.4 Å². The molecule has 2 aromatic rings. The van der Waals surface area contributed by atoms with Gasteiger partial charge in [-0.1, -0.05) is 35.5 Å². The first-order chi connectivity index (χ1) is 9.26. The van der Waals surface area contributed by atoms with Crippen LogP contribution in [0.4, 0.5) is 0 Å². The van der Waals surface area contributed by atoms with Gasteiger partial charge in [0.25, 0.3) is 0 Å². The highest BCUT2D eigenvalue weighted by Gasteiger charge is 2.22. The van der Waals surface area contributed by atoms with Gasteiger partial charge in [0.15, 0.2) is 0 Å². The Morgan fingerprint density at radius 2 is 2.11 bits per heavy atom. The molecule has 6 nitrogen and oxygen atoms in total. The molecule has 0 saturated heterocycles. The molecule has 0 fully saturated rings. The van der Waals surface area contributed by atoms with Gasteiger partial charge in [-0.2, -0.15) is 4.98 Å². The Morgan fingerprint density at radius 1 is 1.37 bits per heavy atom. The Hall–Kier alpha value is -1.76. The Morgan fingerprint density at radius 3 is 2.74 bits per heavy atom. The Balaban J connectivity index is 2.27. The van der Waals surface area contributed by atoms with Crippen molar-refractivity contribution in [1.29, 1.82) is 0 Å². The molecule has 0 aliphatic heterocycles. The van der Waals surface area contributed by atoms with Gasteiger partial charge in [-0.15, -0.1) is 0 Å². The van der Waals surface area contributed by atoms with Crippen LogP contribution < -0.4 is 5.73 Å². The minimum absolute atomic E-state index is 0.207. The summed E-state index contributed by atoms with van der Waals surface area (Å²) >= 11 is 0. The van der Waals surface area contributed by atoms with Crippen LogP contribution in [0.3, 0.4) is 0 Å². The van der Waals surface area contributed by atoms with E-state index in [2.05, 4.69) is 10.1 Å². The summed E-state index contributed by atoms with van der Waals surface area (Å²) in [6.45, 7) is 2.18. The normalized spacial score (nSPS) is 14.3. The molecule has 0 saturated carbocycles. The largest absolute Gasteiger partial charge is 0.394 e. The van der Waals surface area contributed by atoms with Gasteiger partial charge in [-0.3, -0.25) is 0 Å². The molecule has 0 radical (unpaired) electrons. The molecule has 6 heteroatoms. The van der Waals surface area contributed by atoms with Crippen LogP contribution in [0, 0.1) is 0 Å². The van der Waals surface area contributed by atoms with Crippen molar-refractivity contribution in [2.45, 2.75) is 19.1 Å². The number of hydrogen-bond donors (Lipinski definition) is 2. The molecule has 1 heterocycles. The Labute approximate surface area is 111 Å². The van der Waals surface area contributed by atoms with Gasteiger partial charge in [0.1, 0.15) is 12.1 Å². The van der Waals surface area contributed by atoms with Crippen molar-refractivity contribution in [3.8, 4) is 0 Å². The quantitative estimate of drug-likeness (QED) is 0.813. The lowest BCUT2D eigenvalue weighted by Crippen LogP contribution is -2.15. The van der Waals surface area contributed by atoms with Gasteiger partial charge >= 0.3 is 0 Å². The molecular formula is C13H17N3O3. The van der Waals surface area contributed by atoms with Crippen molar-refractivity contribution in [3.63, 3.8) is 0 Å². The van der Waals surface area contributed by atoms with Gasteiger partial charge in [-0.25, -0.2) is 0 Å². The Bertz CT molecular complexity index is 501. The zero-order valence-corrected chi connectivity index (χ0v) is 10.7. The molecule has 2 unspecified atom stereocenters. The lowest BCUT2D eigenvalue weighted by atomic mass is 10.1. The van der Waals surface area contributed by atoms with Crippen LogP contribution in [0.15, 0.2) is 34.9 Å². The highest BCUT2D eigenvalue weighted by Crippen LogP contribution is 2.24. The van der Waals surface area contributed by atoms with Crippen LogP contribution in [0.25, 0.3) is 0 Å². The molecule has 3 N–H and O–H groups in total. The molecular weight excluding hydrogens is 246 g/mol. The van der Waals surface area contributed by atoms with Gasteiger partial charge in [0.2, 0.25) is 11.7 Å². The van der Waals surface area contributed by atoms with E-state index in [1.165, 1.54) is 0 Å². The number of nitrogens with two attached hydrogens (primary N) is 1. The zero-order valence-electron chi connectivity index (χ0n) is 10.7. The molecule has 0 bridgehead atoms. The monoisotopic (exact) mass is 263 g/mol. The summed E-state index contributed by atoms with van der Waals surface area (Å²) in [4.78, 5) is 4.19. The average Bonchev–Trinajstić information content (AvgIpc) is 2.94. The number of rotatable bonds is 6. The highest BCUT2D eigenvalue weighted by molar-refractivity contribution is 5.22. The van der Waals surface area contributed by atoms with Gasteiger partial charge in [-0.05, 0) is 12.5 Å². The first kappa shape index (κ1) is 13.7. The predicted molar refractivity (Wildman–Crippen MR) is 68.2 cm³/mol. The maximum atomic E-state index is 8.97. The van der Waals surface area contributed by atoms with E-state index in [0.29, 0.717) is 12.4 Å². The number of hydrogen-bond acceptors (Lipinski definition) is 6. The molecule has 0 spiro atoms. The van der Waals surface area contributed by atoms with E-state index in [-0.39, 0.29) is 12.5 Å². The SMILES string of the molecule is CCOC(c1ccccc1)c1noc(C(N)CO)n1. The van der Waals surface area contributed by atoms with Crippen LogP contribution in [0.5, 0.6) is 0 Å². The van der Waals surface area contributed by atoms with E-state index in [1.807, 2.05) is 37.3 Å². The van der Waals surface area contributed by atoms with Gasteiger partial charge in [0, 0.05) is 6.61 Å². The molecule has 0 amide bonds. The van der Waals surface area contributed by atoms with E-state index in [4.69, 9.17) is 20.1 Å². The zero-order chi connectivity index (χ0) is 13.7. The summed E-state index contributed by atoms with van der Waals surface area (Å²) in [5.74, 6) is 0.616. The summed E-state index contributed by atoms with van der Waals surface area (Å²) in [7, 11) is 0. The van der Waals surface area contributed by atoms with Crippen molar-refractivity contribution in [1.82, 2.24) is 10.1 Å². The highest BCUT2D eigenvalue weighted by atomic mass is 16.5. The van der Waals surface area contributed by atoms with Gasteiger partial charge in [0.05, 0.1) is 6.61 Å². The summed E-state index contributed by atoms with van der Waals surface area (Å²) < 4.78 is 10.7. The maximum Gasteiger partial charge on any atom is 0.246 e. The predicted octanol–water partition coefficient (Wildman–Crippen LogP) is 1.19. The summed E-state index contributed by atoms with van der Waals surface area (Å²) in [6, 6.07) is 8.96. The number of nitrogens with zero attached hydrogens (tertiary/aromatic N) is 2. The molecule has 1 aromatic carbocycles. The molecule has 2 atom stereocenters. The van der Waals surface area contributed by atoms with Crippen molar-refractivity contribution in [3.05, 3.63) is 47.6 Å². The standard InChI is InChI=1S/C13H17N3O3/c1-2-18-11(9-6-4-3-5-7-9)12-15-13(19-16-12)10(14)8-17/h3-7,10-11,17H,2,8,14H2,1H3. The van der Waals surface area contributed by atoms with E-state index in [1.54, 1.807) is 0 Å². The molecule has 0 aliphatic carbocycles. The third kappa shape index (κ3) is 3.17. The minimum Gasteiger partial charge on any atom is -0.394 e. The summed E-state index contributed by atoms with van der Waals surface area (Å²) in [5, 5.41) is 12.9. The minimum atomic E-state index is -0.667. The van der Waals surface area contributed by atoms with E-state index >= 15 is 0 Å². The van der Waals surface area contributed by atoms with Crippen molar-refractivity contribution >= 4 is 0 Å². The fraction of sp³-hybridized carbons (Fsp3) is 0.385. The van der Waals surface area contributed by atoms with Crippen LogP contribution in [0.1, 0.15) is 36.3 Å². The lowest BCUT2D eigenvalue weighted by Gasteiger charge is -2.13. The summed E-state index contributed by atoms with van der Waals surface area (Å²) in [5.41, 5.74) is 6.57. The van der Waals surface area contributed by atoms with Crippen LogP contribution >= 0.6 is 0 Å². The molecule has 2 rings (SSSR count). The maximum absolute atomic E-state index is 8.97. The van der Waals surface area contributed by atoms with E-state index in [9.17, 15) is 0 Å². The average molecular weight is 263 g/mol. The first-order valence-corrected chi connectivity index (χ1v) is 6.12. The van der Waals surface area contributed by atoms with Crippen molar-refractivity contribution in [2.24, 2.45) is 5.73 Å². The molecule has 1 aromatic heterocycles. The molecule has 102 valence electrons. The first-order valence-electron chi connectivity index (χ1n) is 6.12. The summed E-state index contributed by atoms with van der Waals surface area (Å²) in [6.07, 6.45) is -0.394. The number of ether oxygens (including phenoxy) is 1. The number of aromatic nitrogens is 2. The number of aliphatic hydroxyl groups excluding tert-OH is 1. The number of benzene rings is 1. The third-order valence-electron chi connectivity index (χ3n) is 2.64. The Kier molecular flexibility index (Phi) is 4.62. The fourth-order valence-electron chi connectivity index (χ4n) is 1.70. The smallest absolute Gasteiger partial charge is 0.246 e. The second-order valence-electron chi connectivity index (χ2n) is 4.03. The van der Waals surface area contributed by atoms with Gasteiger partial charge < -0.3 is 20.1 Å². The number of aliphatic hydroxyl groups is 1. The second kappa shape index (κ2) is 6.42. The molecule has 0 aliphatic rings. The van der Waals surface area contributed by atoms with Crippen molar-refractivity contribution < 1.29 is 14.4 Å². The lowest BCUT2D eigenvalue weighted by molar-refractivity contribution is 0.0833. The van der Waals surface area contributed by atoms with E-state index < -0.39 is 12.1 Å². The second-order valence-corrected chi connectivity index (χ2v) is 4.03. The van der Waals surface area contributed by atoms with E-state index in [0.717, 1.165) is 5.56 Å². The van der Waals surface area contributed by atoms with Crippen LogP contribution in [-0.4, -0.2) is 28.5 Å². The van der Waals surface area contributed by atoms with Crippen molar-refractivity contribution in [2.75, 3.05) is 13.2 Å². The van der Waals surface area contributed by atoms with Crippen LogP contribution in [-0.2, 0) is 4.74 Å². The molecule has 19 heavy (non-hydrogen) atoms. The van der Waals surface area contributed by atoms with Crippen LogP contribution in [0.2, 0.25) is 0 Å². The third-order valence-corrected chi connectivity index (χ3v) is 2.64. The fourth-order valence-corrected chi connectivity index (χ4v) is 1.70.